The molecule has 5 aromatic rings. The zero-order valence-electron chi connectivity index (χ0n) is 16.5. The molecule has 0 unspecified atom stereocenters. The molecule has 4 N–H and O–H groups in total. The number of aromatic nitrogens is 5. The number of benzene rings is 2. The smallest absolute Gasteiger partial charge is 0.260 e. The first kappa shape index (κ1) is 18.6. The summed E-state index contributed by atoms with van der Waals surface area (Å²) in [6, 6.07) is 17.7. The normalized spacial score (nSPS) is 10.8. The van der Waals surface area contributed by atoms with Crippen molar-refractivity contribution in [3.05, 3.63) is 90.5 Å². The number of amides is 1. The maximum atomic E-state index is 12.6. The van der Waals surface area contributed by atoms with Crippen molar-refractivity contribution < 1.29 is 4.79 Å². The second-order valence-corrected chi connectivity index (χ2v) is 6.97. The van der Waals surface area contributed by atoms with Gasteiger partial charge in [0.2, 0.25) is 11.9 Å². The number of hydrogen-bond donors (Lipinski definition) is 4. The number of fused-ring (bicyclic) bond motifs is 1. The fourth-order valence-corrected chi connectivity index (χ4v) is 3.39. The number of aromatic amines is 2. The Hall–Kier alpha value is -4.46. The van der Waals surface area contributed by atoms with Gasteiger partial charge in [-0.25, -0.2) is 9.97 Å². The van der Waals surface area contributed by atoms with Gasteiger partial charge < -0.3 is 15.3 Å². The third kappa shape index (κ3) is 3.99. The standard InChI is InChI=1S/C23H19N7O/c31-21(30-22-25-10-11-26-22)18-7-2-8-19-20(18)29-23(28-19)27-13-15-4-1-5-16(12-15)17-6-3-9-24-14-17/h1-12,14H,13H2,(H2,27,28,29)(H2,25,26,30,31). The van der Waals surface area contributed by atoms with E-state index in [1.54, 1.807) is 24.7 Å². The Morgan fingerprint density at radius 2 is 1.87 bits per heavy atom. The van der Waals surface area contributed by atoms with Gasteiger partial charge >= 0.3 is 0 Å². The van der Waals surface area contributed by atoms with E-state index in [-0.39, 0.29) is 5.91 Å². The fourth-order valence-electron chi connectivity index (χ4n) is 3.39. The number of H-pyrrole nitrogens is 2. The molecule has 0 saturated heterocycles. The first-order valence-corrected chi connectivity index (χ1v) is 9.79. The van der Waals surface area contributed by atoms with Crippen LogP contribution in [0, 0.1) is 0 Å². The van der Waals surface area contributed by atoms with Crippen LogP contribution in [-0.2, 0) is 6.54 Å². The minimum absolute atomic E-state index is 0.275. The number of anilines is 2. The number of rotatable bonds is 6. The van der Waals surface area contributed by atoms with Crippen LogP contribution in [0.3, 0.4) is 0 Å². The summed E-state index contributed by atoms with van der Waals surface area (Å²) in [4.78, 5) is 31.5. The van der Waals surface area contributed by atoms with E-state index in [0.717, 1.165) is 22.2 Å². The second-order valence-electron chi connectivity index (χ2n) is 6.97. The van der Waals surface area contributed by atoms with Gasteiger partial charge in [-0.2, -0.15) is 0 Å². The number of hydrogen-bond acceptors (Lipinski definition) is 5. The molecule has 0 spiro atoms. The van der Waals surface area contributed by atoms with Crippen molar-refractivity contribution in [3.63, 3.8) is 0 Å². The van der Waals surface area contributed by atoms with Gasteiger partial charge in [-0.1, -0.05) is 30.3 Å². The minimum Gasteiger partial charge on any atom is -0.352 e. The molecule has 8 nitrogen and oxygen atoms in total. The fraction of sp³-hybridized carbons (Fsp3) is 0.0435. The molecular weight excluding hydrogens is 390 g/mol. The Morgan fingerprint density at radius 3 is 2.71 bits per heavy atom. The van der Waals surface area contributed by atoms with E-state index in [4.69, 9.17) is 0 Å². The Morgan fingerprint density at radius 1 is 0.968 bits per heavy atom. The van der Waals surface area contributed by atoms with Crippen molar-refractivity contribution >= 4 is 28.8 Å². The molecule has 3 heterocycles. The highest BCUT2D eigenvalue weighted by Crippen LogP contribution is 2.22. The summed E-state index contributed by atoms with van der Waals surface area (Å²) in [6.07, 6.45) is 6.84. The first-order chi connectivity index (χ1) is 15.3. The highest BCUT2D eigenvalue weighted by atomic mass is 16.1. The maximum absolute atomic E-state index is 12.6. The van der Waals surface area contributed by atoms with Crippen LogP contribution in [0.25, 0.3) is 22.2 Å². The largest absolute Gasteiger partial charge is 0.352 e. The van der Waals surface area contributed by atoms with Crippen molar-refractivity contribution in [1.29, 1.82) is 0 Å². The van der Waals surface area contributed by atoms with Crippen LogP contribution in [0.4, 0.5) is 11.9 Å². The predicted molar refractivity (Wildman–Crippen MR) is 120 cm³/mol. The Bertz CT molecular complexity index is 1330. The van der Waals surface area contributed by atoms with Gasteiger partial charge in [-0.05, 0) is 41.0 Å². The molecule has 0 bridgehead atoms. The van der Waals surface area contributed by atoms with Crippen LogP contribution in [0.2, 0.25) is 0 Å². The van der Waals surface area contributed by atoms with Gasteiger partial charge in [0.1, 0.15) is 5.52 Å². The van der Waals surface area contributed by atoms with Crippen LogP contribution in [-0.4, -0.2) is 30.8 Å². The van der Waals surface area contributed by atoms with Crippen molar-refractivity contribution in [2.75, 3.05) is 10.6 Å². The molecule has 31 heavy (non-hydrogen) atoms. The maximum Gasteiger partial charge on any atom is 0.260 e. The zero-order valence-corrected chi connectivity index (χ0v) is 16.5. The molecule has 0 aliphatic carbocycles. The molecule has 0 saturated carbocycles. The summed E-state index contributed by atoms with van der Waals surface area (Å²) in [5.74, 6) is 0.715. The number of nitrogens with one attached hydrogen (secondary N) is 4. The van der Waals surface area contributed by atoms with E-state index < -0.39 is 0 Å². The van der Waals surface area contributed by atoms with Crippen LogP contribution in [0.5, 0.6) is 0 Å². The summed E-state index contributed by atoms with van der Waals surface area (Å²) in [6.45, 7) is 0.585. The number of nitrogens with zero attached hydrogens (tertiary/aromatic N) is 3. The summed E-state index contributed by atoms with van der Waals surface area (Å²) in [5.41, 5.74) is 5.13. The molecule has 152 valence electrons. The lowest BCUT2D eigenvalue weighted by molar-refractivity contribution is 0.102. The van der Waals surface area contributed by atoms with Crippen LogP contribution in [0.15, 0.2) is 79.4 Å². The van der Waals surface area contributed by atoms with E-state index in [1.807, 2.05) is 36.5 Å². The minimum atomic E-state index is -0.275. The number of pyridine rings is 1. The van der Waals surface area contributed by atoms with E-state index in [9.17, 15) is 4.79 Å². The van der Waals surface area contributed by atoms with Crippen LogP contribution >= 0.6 is 0 Å². The second kappa shape index (κ2) is 8.11. The topological polar surface area (TPSA) is 111 Å². The Labute approximate surface area is 177 Å². The lowest BCUT2D eigenvalue weighted by Crippen LogP contribution is -2.13. The van der Waals surface area contributed by atoms with Gasteiger partial charge in [-0.3, -0.25) is 15.1 Å². The molecule has 1 amide bonds. The highest BCUT2D eigenvalue weighted by molar-refractivity contribution is 6.11. The SMILES string of the molecule is O=C(Nc1ncc[nH]1)c1cccc2[nH]c(NCc3cccc(-c4cccnc4)c3)nc12. The Balaban J connectivity index is 1.34. The molecule has 0 atom stereocenters. The highest BCUT2D eigenvalue weighted by Gasteiger charge is 2.14. The summed E-state index contributed by atoms with van der Waals surface area (Å²) in [7, 11) is 0. The van der Waals surface area contributed by atoms with E-state index >= 15 is 0 Å². The lowest BCUT2D eigenvalue weighted by atomic mass is 10.0. The molecule has 2 aromatic carbocycles. The molecule has 0 radical (unpaired) electrons. The summed E-state index contributed by atoms with van der Waals surface area (Å²) >= 11 is 0. The van der Waals surface area contributed by atoms with Gasteiger partial charge in [-0.15, -0.1) is 0 Å². The van der Waals surface area contributed by atoms with Gasteiger partial charge in [0.15, 0.2) is 0 Å². The van der Waals surface area contributed by atoms with E-state index in [1.165, 1.54) is 0 Å². The van der Waals surface area contributed by atoms with Gasteiger partial charge in [0, 0.05) is 31.3 Å². The zero-order chi connectivity index (χ0) is 21.0. The predicted octanol–water partition coefficient (Wildman–Crippen LogP) is 4.21. The van der Waals surface area contributed by atoms with Crippen LogP contribution in [0.1, 0.15) is 15.9 Å². The van der Waals surface area contributed by atoms with Crippen molar-refractivity contribution in [3.8, 4) is 11.1 Å². The molecule has 0 aliphatic heterocycles. The number of para-hydroxylation sites is 1. The van der Waals surface area contributed by atoms with E-state index in [2.05, 4.69) is 53.8 Å². The molecule has 8 heteroatoms. The summed E-state index contributed by atoms with van der Waals surface area (Å²) in [5, 5.41) is 6.04. The first-order valence-electron chi connectivity index (χ1n) is 9.79. The number of carbonyl (C=O) groups excluding carboxylic acids is 1. The third-order valence-electron chi connectivity index (χ3n) is 4.87. The molecular formula is C23H19N7O. The number of carbonyl (C=O) groups is 1. The number of imidazole rings is 2. The monoisotopic (exact) mass is 409 g/mol. The van der Waals surface area contributed by atoms with Crippen LogP contribution < -0.4 is 10.6 Å². The molecule has 3 aromatic heterocycles. The van der Waals surface area contributed by atoms with E-state index in [0.29, 0.717) is 29.5 Å². The molecule has 5 rings (SSSR count). The molecule has 0 fully saturated rings. The quantitative estimate of drug-likeness (QED) is 0.336. The van der Waals surface area contributed by atoms with Gasteiger partial charge in [0.05, 0.1) is 11.1 Å². The van der Waals surface area contributed by atoms with Gasteiger partial charge in [0.25, 0.3) is 5.91 Å². The molecule has 0 aliphatic rings. The average Bonchev–Trinajstić information content (AvgIpc) is 3.47. The third-order valence-corrected chi connectivity index (χ3v) is 4.87. The average molecular weight is 409 g/mol. The van der Waals surface area contributed by atoms with Crippen molar-refractivity contribution in [2.45, 2.75) is 6.54 Å². The Kier molecular flexibility index (Phi) is 4.86. The van der Waals surface area contributed by atoms with Crippen molar-refractivity contribution in [2.24, 2.45) is 0 Å². The lowest BCUT2D eigenvalue weighted by Gasteiger charge is -2.06. The summed E-state index contributed by atoms with van der Waals surface area (Å²) < 4.78 is 0. The van der Waals surface area contributed by atoms with Crippen molar-refractivity contribution in [1.82, 2.24) is 24.9 Å².